The number of carbonyl (C=O) groups is 1. The number of nitrogens with zero attached hydrogens (tertiary/aromatic N) is 3. The maximum atomic E-state index is 12.9. The molecule has 24 heavy (non-hydrogen) atoms. The Bertz CT molecular complexity index is 823. The van der Waals surface area contributed by atoms with Crippen LogP contribution in [0, 0.1) is 6.92 Å². The van der Waals surface area contributed by atoms with Gasteiger partial charge in [0.15, 0.2) is 0 Å². The van der Waals surface area contributed by atoms with Crippen LogP contribution in [0.2, 0.25) is 10.2 Å². The molecular formula is C18H19Cl2N3O. The van der Waals surface area contributed by atoms with Crippen LogP contribution in [-0.2, 0) is 0 Å². The van der Waals surface area contributed by atoms with Gasteiger partial charge in [-0.2, -0.15) is 0 Å². The molecule has 0 N–H and O–H groups in total. The topological polar surface area (TPSA) is 47.2 Å². The van der Waals surface area contributed by atoms with Gasteiger partial charge in [0.1, 0.15) is 16.3 Å². The van der Waals surface area contributed by atoms with Gasteiger partial charge in [0.05, 0.1) is 11.1 Å². The molecule has 0 spiro atoms. The molecule has 0 unspecified atom stereocenters. The van der Waals surface area contributed by atoms with Crippen LogP contribution in [0.15, 0.2) is 35.5 Å². The van der Waals surface area contributed by atoms with Gasteiger partial charge in [-0.25, -0.2) is 4.98 Å². The van der Waals surface area contributed by atoms with Crippen molar-refractivity contribution in [3.8, 4) is 0 Å². The van der Waals surface area contributed by atoms with Crippen molar-refractivity contribution < 1.29 is 4.79 Å². The predicted octanol–water partition coefficient (Wildman–Crippen LogP) is 4.42. The third-order valence-electron chi connectivity index (χ3n) is 4.28. The number of hydrogen-bond donors (Lipinski definition) is 0. The highest BCUT2D eigenvalue weighted by Gasteiger charge is 2.18. The van der Waals surface area contributed by atoms with E-state index in [0.717, 1.165) is 18.4 Å². The lowest BCUT2D eigenvalue weighted by atomic mass is 9.96. The van der Waals surface area contributed by atoms with E-state index < -0.39 is 0 Å². The summed E-state index contributed by atoms with van der Waals surface area (Å²) in [6.07, 6.45) is 7.49. The molecule has 1 aliphatic carbocycles. The Balaban J connectivity index is 2.08. The van der Waals surface area contributed by atoms with Crippen molar-refractivity contribution in [3.63, 3.8) is 0 Å². The molecule has 2 heterocycles. The normalized spacial score (nSPS) is 16.4. The molecule has 0 atom stereocenters. The summed E-state index contributed by atoms with van der Waals surface area (Å²) < 4.78 is 1.52. The molecule has 2 aromatic heterocycles. The molecular weight excluding hydrogens is 345 g/mol. The molecule has 0 aliphatic heterocycles. The molecule has 0 saturated heterocycles. The zero-order valence-corrected chi connectivity index (χ0v) is 15.0. The average molecular weight is 364 g/mol. The lowest BCUT2D eigenvalue weighted by molar-refractivity contribution is 0.0949. The molecule has 0 radical (unpaired) electrons. The van der Waals surface area contributed by atoms with E-state index in [2.05, 4.69) is 4.98 Å². The zero-order chi connectivity index (χ0) is 17.1. The first-order valence-corrected chi connectivity index (χ1v) is 8.90. The number of hydrogen-bond acceptors (Lipinski definition) is 3. The van der Waals surface area contributed by atoms with E-state index in [4.69, 9.17) is 28.2 Å². The number of pyridine rings is 2. The van der Waals surface area contributed by atoms with Gasteiger partial charge < -0.3 is 0 Å². The van der Waals surface area contributed by atoms with E-state index >= 15 is 0 Å². The standard InChI is InChI=1S/C18H19Cl2N3O/c1-12-6-5-11-23(17(12)21-13-7-3-2-4-8-13)18(24)16-14(19)9-10-15(20)22-16/h5-6,9-11,13H,2-4,7-8H2,1H3. The van der Waals surface area contributed by atoms with Crippen LogP contribution < -0.4 is 5.49 Å². The Hall–Kier alpha value is -1.65. The van der Waals surface area contributed by atoms with Crippen LogP contribution in [0.5, 0.6) is 0 Å². The average Bonchev–Trinajstić information content (AvgIpc) is 2.59. The second kappa shape index (κ2) is 7.49. The van der Waals surface area contributed by atoms with E-state index in [1.165, 1.54) is 23.8 Å². The van der Waals surface area contributed by atoms with Crippen molar-refractivity contribution in [2.45, 2.75) is 45.1 Å². The molecule has 1 aliphatic rings. The summed E-state index contributed by atoms with van der Waals surface area (Å²) in [5.41, 5.74) is 1.77. The molecule has 0 amide bonds. The monoisotopic (exact) mass is 363 g/mol. The predicted molar refractivity (Wildman–Crippen MR) is 95.6 cm³/mol. The van der Waals surface area contributed by atoms with Crippen molar-refractivity contribution in [2.75, 3.05) is 0 Å². The third kappa shape index (κ3) is 3.70. The highest BCUT2D eigenvalue weighted by Crippen LogP contribution is 2.20. The minimum Gasteiger partial charge on any atom is -0.266 e. The lowest BCUT2D eigenvalue weighted by Crippen LogP contribution is -2.32. The van der Waals surface area contributed by atoms with Crippen LogP contribution in [0.3, 0.4) is 0 Å². The molecule has 0 aromatic carbocycles. The summed E-state index contributed by atoms with van der Waals surface area (Å²) in [5, 5.41) is 0.517. The van der Waals surface area contributed by atoms with Gasteiger partial charge in [-0.3, -0.25) is 14.4 Å². The molecule has 1 saturated carbocycles. The van der Waals surface area contributed by atoms with Crippen LogP contribution in [0.4, 0.5) is 0 Å². The van der Waals surface area contributed by atoms with Crippen LogP contribution in [-0.4, -0.2) is 21.5 Å². The minimum atomic E-state index is -0.319. The molecule has 0 bridgehead atoms. The first kappa shape index (κ1) is 17.2. The number of halogens is 2. The Morgan fingerprint density at radius 1 is 1.21 bits per heavy atom. The third-order valence-corrected chi connectivity index (χ3v) is 4.79. The summed E-state index contributed by atoms with van der Waals surface area (Å²) >= 11 is 12.1. The Morgan fingerprint density at radius 3 is 2.71 bits per heavy atom. The highest BCUT2D eigenvalue weighted by molar-refractivity contribution is 6.34. The summed E-state index contributed by atoms with van der Waals surface area (Å²) in [7, 11) is 0. The minimum absolute atomic E-state index is 0.139. The Morgan fingerprint density at radius 2 is 1.96 bits per heavy atom. The lowest BCUT2D eigenvalue weighted by Gasteiger charge is -2.18. The fraction of sp³-hybridized carbons (Fsp3) is 0.389. The summed E-state index contributed by atoms with van der Waals surface area (Å²) in [6.45, 7) is 1.96. The number of aromatic nitrogens is 2. The Kier molecular flexibility index (Phi) is 5.36. The second-order valence-electron chi connectivity index (χ2n) is 6.08. The van der Waals surface area contributed by atoms with Gasteiger partial charge >= 0.3 is 0 Å². The van der Waals surface area contributed by atoms with Gasteiger partial charge in [0.25, 0.3) is 5.91 Å². The van der Waals surface area contributed by atoms with Crippen molar-refractivity contribution in [3.05, 3.63) is 57.4 Å². The van der Waals surface area contributed by atoms with Gasteiger partial charge in [0, 0.05) is 6.20 Å². The van der Waals surface area contributed by atoms with Gasteiger partial charge in [0.2, 0.25) is 0 Å². The van der Waals surface area contributed by atoms with E-state index in [-0.39, 0.29) is 27.8 Å². The highest BCUT2D eigenvalue weighted by atomic mass is 35.5. The van der Waals surface area contributed by atoms with Crippen LogP contribution in [0.25, 0.3) is 0 Å². The van der Waals surface area contributed by atoms with Gasteiger partial charge in [-0.15, -0.1) is 0 Å². The smallest absolute Gasteiger partial charge is 0.266 e. The number of carbonyl (C=O) groups excluding carboxylic acids is 1. The summed E-state index contributed by atoms with van der Waals surface area (Å²) in [6, 6.07) is 7.19. The van der Waals surface area contributed by atoms with E-state index in [9.17, 15) is 4.79 Å². The molecule has 6 heteroatoms. The molecule has 126 valence electrons. The van der Waals surface area contributed by atoms with E-state index in [0.29, 0.717) is 5.49 Å². The largest absolute Gasteiger partial charge is 0.283 e. The molecule has 3 rings (SSSR count). The number of rotatable bonds is 2. The van der Waals surface area contributed by atoms with Crippen LogP contribution >= 0.6 is 23.2 Å². The Labute approximate surface area is 151 Å². The fourth-order valence-corrected chi connectivity index (χ4v) is 3.34. The zero-order valence-electron chi connectivity index (χ0n) is 13.5. The van der Waals surface area contributed by atoms with E-state index in [1.54, 1.807) is 18.3 Å². The first-order chi connectivity index (χ1) is 11.6. The summed E-state index contributed by atoms with van der Waals surface area (Å²) in [4.78, 5) is 21.9. The first-order valence-electron chi connectivity index (χ1n) is 8.15. The quantitative estimate of drug-likeness (QED) is 0.741. The van der Waals surface area contributed by atoms with Gasteiger partial charge in [-0.05, 0) is 43.5 Å². The number of aryl methyl sites for hydroxylation is 1. The van der Waals surface area contributed by atoms with Gasteiger partial charge in [-0.1, -0.05) is 48.5 Å². The van der Waals surface area contributed by atoms with Crippen LogP contribution in [0.1, 0.15) is 48.2 Å². The SMILES string of the molecule is Cc1cccn(C(=O)c2nc(Cl)ccc2Cl)c1=NC1CCCCC1. The maximum absolute atomic E-state index is 12.9. The fourth-order valence-electron chi connectivity index (χ4n) is 3.00. The van der Waals surface area contributed by atoms with E-state index in [1.807, 2.05) is 19.1 Å². The van der Waals surface area contributed by atoms with Crippen molar-refractivity contribution in [1.82, 2.24) is 9.55 Å². The van der Waals surface area contributed by atoms with Crippen molar-refractivity contribution in [1.29, 1.82) is 0 Å². The molecule has 4 nitrogen and oxygen atoms in total. The maximum Gasteiger partial charge on any atom is 0.283 e. The molecule has 1 fully saturated rings. The molecule has 2 aromatic rings. The summed E-state index contributed by atoms with van der Waals surface area (Å²) in [5.74, 6) is -0.319. The van der Waals surface area contributed by atoms with Crippen molar-refractivity contribution >= 4 is 29.1 Å². The van der Waals surface area contributed by atoms with Crippen molar-refractivity contribution in [2.24, 2.45) is 4.99 Å². The second-order valence-corrected chi connectivity index (χ2v) is 6.87.